The summed E-state index contributed by atoms with van der Waals surface area (Å²) in [5.74, 6) is -0.302. The average molecular weight is 228 g/mol. The van der Waals surface area contributed by atoms with E-state index in [1.165, 1.54) is 0 Å². The van der Waals surface area contributed by atoms with Crippen molar-refractivity contribution < 1.29 is 9.90 Å². The number of aliphatic carboxylic acids is 1. The van der Waals surface area contributed by atoms with Gasteiger partial charge in [0.15, 0.2) is 0 Å². The molecule has 0 amide bonds. The van der Waals surface area contributed by atoms with Gasteiger partial charge in [0.25, 0.3) is 0 Å². The maximum absolute atomic E-state index is 11.1. The fraction of sp³-hybridized carbons (Fsp3) is 0.917. The second-order valence-corrected chi connectivity index (χ2v) is 5.06. The third-order valence-corrected chi connectivity index (χ3v) is 3.02. The molecule has 94 valence electrons. The van der Waals surface area contributed by atoms with Gasteiger partial charge in [0, 0.05) is 6.04 Å². The minimum absolute atomic E-state index is 0.356. The van der Waals surface area contributed by atoms with Gasteiger partial charge in [0.2, 0.25) is 0 Å². The van der Waals surface area contributed by atoms with Gasteiger partial charge in [0.1, 0.15) is 6.04 Å². The molecule has 0 aromatic rings. The van der Waals surface area contributed by atoms with Gasteiger partial charge in [0.05, 0.1) is 0 Å². The van der Waals surface area contributed by atoms with Crippen LogP contribution in [0.15, 0.2) is 0 Å². The normalized spacial score (nSPS) is 24.1. The van der Waals surface area contributed by atoms with Gasteiger partial charge in [-0.3, -0.25) is 4.79 Å². The number of nitrogens with one attached hydrogen (secondary N) is 2. The highest BCUT2D eigenvalue weighted by atomic mass is 16.4. The van der Waals surface area contributed by atoms with Crippen LogP contribution in [0.3, 0.4) is 0 Å². The maximum atomic E-state index is 11.1. The predicted octanol–water partition coefficient (Wildman–Crippen LogP) is 1.22. The summed E-state index contributed by atoms with van der Waals surface area (Å²) >= 11 is 0. The summed E-state index contributed by atoms with van der Waals surface area (Å²) in [6.07, 6.45) is 3.95. The fourth-order valence-electron chi connectivity index (χ4n) is 2.18. The van der Waals surface area contributed by atoms with Crippen LogP contribution in [-0.2, 0) is 4.79 Å². The van der Waals surface area contributed by atoms with Gasteiger partial charge >= 0.3 is 5.97 Å². The lowest BCUT2D eigenvalue weighted by Crippen LogP contribution is -2.44. The summed E-state index contributed by atoms with van der Waals surface area (Å²) in [6, 6.07) is -0.0297. The number of rotatable bonds is 5. The Bertz CT molecular complexity index is 211. The molecular weight excluding hydrogens is 204 g/mol. The van der Waals surface area contributed by atoms with E-state index in [-0.39, 0.29) is 6.04 Å². The quantitative estimate of drug-likeness (QED) is 0.662. The lowest BCUT2D eigenvalue weighted by atomic mass is 10.0. The molecule has 4 heteroatoms. The van der Waals surface area contributed by atoms with E-state index in [0.29, 0.717) is 18.4 Å². The second kappa shape index (κ2) is 6.86. The smallest absolute Gasteiger partial charge is 0.320 e. The number of hydrogen-bond donors (Lipinski definition) is 3. The molecule has 4 nitrogen and oxygen atoms in total. The van der Waals surface area contributed by atoms with Crippen molar-refractivity contribution in [3.63, 3.8) is 0 Å². The van der Waals surface area contributed by atoms with Crippen LogP contribution >= 0.6 is 0 Å². The molecule has 2 unspecified atom stereocenters. The summed E-state index contributed by atoms with van der Waals surface area (Å²) in [7, 11) is 0. The van der Waals surface area contributed by atoms with Crippen LogP contribution in [0.5, 0.6) is 0 Å². The summed E-state index contributed by atoms with van der Waals surface area (Å²) in [6.45, 7) is 6.17. The molecule has 0 radical (unpaired) electrons. The Kier molecular flexibility index (Phi) is 5.77. The van der Waals surface area contributed by atoms with Crippen molar-refractivity contribution in [1.29, 1.82) is 0 Å². The minimum Gasteiger partial charge on any atom is -0.480 e. The van der Waals surface area contributed by atoms with Crippen LogP contribution in [0.25, 0.3) is 0 Å². The van der Waals surface area contributed by atoms with Crippen molar-refractivity contribution in [2.24, 2.45) is 5.92 Å². The van der Waals surface area contributed by atoms with Crippen molar-refractivity contribution in [3.05, 3.63) is 0 Å². The molecule has 2 atom stereocenters. The Balaban J connectivity index is 2.42. The Labute approximate surface area is 97.8 Å². The largest absolute Gasteiger partial charge is 0.480 e. The van der Waals surface area contributed by atoms with Crippen molar-refractivity contribution in [2.45, 2.75) is 51.6 Å². The van der Waals surface area contributed by atoms with Crippen LogP contribution < -0.4 is 10.6 Å². The molecule has 1 heterocycles. The van der Waals surface area contributed by atoms with Crippen LogP contribution in [0, 0.1) is 5.92 Å². The molecule has 0 aromatic heterocycles. The molecule has 0 aliphatic carbocycles. The van der Waals surface area contributed by atoms with Crippen molar-refractivity contribution >= 4 is 5.97 Å². The van der Waals surface area contributed by atoms with Gasteiger partial charge in [-0.15, -0.1) is 0 Å². The van der Waals surface area contributed by atoms with E-state index < -0.39 is 5.97 Å². The SMILES string of the molecule is CC(C)CC(NC1CCCNCC1)C(=O)O. The number of carbonyl (C=O) groups is 1. The molecule has 0 spiro atoms. The molecular formula is C12H24N2O2. The highest BCUT2D eigenvalue weighted by molar-refractivity contribution is 5.73. The van der Waals surface area contributed by atoms with E-state index in [2.05, 4.69) is 24.5 Å². The molecule has 1 fully saturated rings. The first kappa shape index (κ1) is 13.5. The van der Waals surface area contributed by atoms with Gasteiger partial charge in [-0.2, -0.15) is 0 Å². The fourth-order valence-corrected chi connectivity index (χ4v) is 2.18. The maximum Gasteiger partial charge on any atom is 0.320 e. The highest BCUT2D eigenvalue weighted by Crippen LogP contribution is 2.10. The number of carboxylic acids is 1. The van der Waals surface area contributed by atoms with Gasteiger partial charge in [-0.05, 0) is 44.7 Å². The molecule has 16 heavy (non-hydrogen) atoms. The van der Waals surface area contributed by atoms with Gasteiger partial charge in [-0.1, -0.05) is 13.8 Å². The lowest BCUT2D eigenvalue weighted by molar-refractivity contribution is -0.140. The monoisotopic (exact) mass is 228 g/mol. The van der Waals surface area contributed by atoms with E-state index in [0.717, 1.165) is 32.4 Å². The first-order chi connectivity index (χ1) is 7.59. The molecule has 0 bridgehead atoms. The van der Waals surface area contributed by atoms with Crippen molar-refractivity contribution in [3.8, 4) is 0 Å². The third-order valence-electron chi connectivity index (χ3n) is 3.02. The third kappa shape index (κ3) is 4.94. The number of hydrogen-bond acceptors (Lipinski definition) is 3. The van der Waals surface area contributed by atoms with Gasteiger partial charge in [-0.25, -0.2) is 0 Å². The summed E-state index contributed by atoms with van der Waals surface area (Å²) in [4.78, 5) is 11.1. The second-order valence-electron chi connectivity index (χ2n) is 5.06. The molecule has 1 aliphatic heterocycles. The first-order valence-electron chi connectivity index (χ1n) is 6.29. The standard InChI is InChI=1S/C12H24N2O2/c1-9(2)8-11(12(15)16)14-10-4-3-6-13-7-5-10/h9-11,13-14H,3-8H2,1-2H3,(H,15,16). The van der Waals surface area contributed by atoms with E-state index in [9.17, 15) is 4.79 Å². The Morgan fingerprint density at radius 2 is 2.19 bits per heavy atom. The molecule has 0 aromatic carbocycles. The summed E-state index contributed by atoms with van der Waals surface area (Å²) in [5, 5.41) is 15.8. The lowest BCUT2D eigenvalue weighted by Gasteiger charge is -2.23. The molecule has 1 saturated heterocycles. The Morgan fingerprint density at radius 3 is 2.81 bits per heavy atom. The number of carboxylic acid groups (broad SMARTS) is 1. The van der Waals surface area contributed by atoms with Crippen LogP contribution in [0.2, 0.25) is 0 Å². The van der Waals surface area contributed by atoms with Gasteiger partial charge < -0.3 is 15.7 Å². The molecule has 1 aliphatic rings. The van der Waals surface area contributed by atoms with Crippen LogP contribution in [-0.4, -0.2) is 36.2 Å². The predicted molar refractivity (Wildman–Crippen MR) is 64.5 cm³/mol. The van der Waals surface area contributed by atoms with Crippen molar-refractivity contribution in [2.75, 3.05) is 13.1 Å². The van der Waals surface area contributed by atoms with E-state index in [4.69, 9.17) is 5.11 Å². The highest BCUT2D eigenvalue weighted by Gasteiger charge is 2.22. The van der Waals surface area contributed by atoms with Crippen molar-refractivity contribution in [1.82, 2.24) is 10.6 Å². The first-order valence-corrected chi connectivity index (χ1v) is 6.29. The summed E-state index contributed by atoms with van der Waals surface area (Å²) < 4.78 is 0. The zero-order valence-corrected chi connectivity index (χ0v) is 10.3. The molecule has 3 N–H and O–H groups in total. The zero-order valence-electron chi connectivity index (χ0n) is 10.3. The minimum atomic E-state index is -0.717. The summed E-state index contributed by atoms with van der Waals surface area (Å²) in [5.41, 5.74) is 0. The van der Waals surface area contributed by atoms with E-state index in [1.54, 1.807) is 0 Å². The Hall–Kier alpha value is -0.610. The molecule has 1 rings (SSSR count). The van der Waals surface area contributed by atoms with Crippen LogP contribution in [0.1, 0.15) is 39.5 Å². The molecule has 0 saturated carbocycles. The Morgan fingerprint density at radius 1 is 1.44 bits per heavy atom. The van der Waals surface area contributed by atoms with E-state index >= 15 is 0 Å². The topological polar surface area (TPSA) is 61.4 Å². The van der Waals surface area contributed by atoms with E-state index in [1.807, 2.05) is 0 Å². The van der Waals surface area contributed by atoms with Crippen LogP contribution in [0.4, 0.5) is 0 Å². The average Bonchev–Trinajstić information content (AvgIpc) is 2.44. The zero-order chi connectivity index (χ0) is 12.0.